The second kappa shape index (κ2) is 4.13. The van der Waals surface area contributed by atoms with E-state index in [2.05, 4.69) is 0 Å². The van der Waals surface area contributed by atoms with Crippen LogP contribution in [-0.2, 0) is 24.0 Å². The maximum atomic E-state index is 13.8. The van der Waals surface area contributed by atoms with Gasteiger partial charge in [-0.05, 0) is 27.7 Å². The van der Waals surface area contributed by atoms with Gasteiger partial charge in [0.15, 0.2) is 0 Å². The molecule has 10 nitrogen and oxygen atoms in total. The fraction of sp³-hybridized carbons (Fsp3) is 0.737. The molecule has 0 bridgehead atoms. The number of rotatable bonds is 7. The molecule has 6 aliphatic carbocycles. The van der Waals surface area contributed by atoms with E-state index in [0.717, 1.165) is 0 Å². The summed E-state index contributed by atoms with van der Waals surface area (Å²) in [6.07, 6.45) is 0. The Hall–Kier alpha value is -2.65. The Bertz CT molecular complexity index is 872. The first-order valence-electron chi connectivity index (χ1n) is 9.56. The van der Waals surface area contributed by atoms with Gasteiger partial charge in [-0.3, -0.25) is 24.0 Å². The molecule has 10 heteroatoms. The zero-order chi connectivity index (χ0) is 21.9. The molecule has 0 aliphatic heterocycles. The summed E-state index contributed by atoms with van der Waals surface area (Å²) in [7, 11) is 0. The Balaban J connectivity index is 1.79. The Labute approximate surface area is 164 Å². The molecule has 0 spiro atoms. The molecule has 6 saturated carbocycles. The molecule has 0 atom stereocenters. The second-order valence-electron chi connectivity index (χ2n) is 9.71. The van der Waals surface area contributed by atoms with Crippen LogP contribution in [0.25, 0.3) is 0 Å². The van der Waals surface area contributed by atoms with E-state index in [-0.39, 0.29) is 0 Å². The Morgan fingerprint density at radius 3 is 1.17 bits per heavy atom. The van der Waals surface area contributed by atoms with E-state index in [1.165, 1.54) is 4.90 Å². The highest BCUT2D eigenvalue weighted by Gasteiger charge is 3.33. The summed E-state index contributed by atoms with van der Waals surface area (Å²) in [4.78, 5) is 64.4. The van der Waals surface area contributed by atoms with Crippen molar-refractivity contribution in [3.05, 3.63) is 0 Å². The van der Waals surface area contributed by atoms with Gasteiger partial charge in [-0.15, -0.1) is 0 Å². The van der Waals surface area contributed by atoms with Crippen molar-refractivity contribution in [3.8, 4) is 0 Å². The monoisotopic (exact) mass is 407 g/mol. The number of nitrogens with zero attached hydrogens (tertiary/aromatic N) is 1. The molecular formula is C19H21NO9. The predicted octanol–water partition coefficient (Wildman–Crippen LogP) is -0.181. The topological polar surface area (TPSA) is 170 Å². The van der Waals surface area contributed by atoms with Crippen molar-refractivity contribution in [1.82, 2.24) is 4.90 Å². The van der Waals surface area contributed by atoms with Crippen LogP contribution < -0.4 is 0 Å². The Morgan fingerprint density at radius 2 is 0.966 bits per heavy atom. The summed E-state index contributed by atoms with van der Waals surface area (Å²) in [5, 5.41) is 40.0. The normalized spacial score (nSPS) is 50.9. The van der Waals surface area contributed by atoms with Gasteiger partial charge in [0, 0.05) is 29.8 Å². The predicted molar refractivity (Wildman–Crippen MR) is 90.3 cm³/mol. The van der Waals surface area contributed by atoms with Gasteiger partial charge >= 0.3 is 23.9 Å². The average Bonchev–Trinajstić information content (AvgIpc) is 2.57. The van der Waals surface area contributed by atoms with Crippen molar-refractivity contribution in [3.63, 3.8) is 0 Å². The molecule has 6 rings (SSSR count). The largest absolute Gasteiger partial charge is 0.481 e. The van der Waals surface area contributed by atoms with Gasteiger partial charge in [0.1, 0.15) is 0 Å². The van der Waals surface area contributed by atoms with Crippen molar-refractivity contribution < 1.29 is 44.4 Å². The molecule has 0 heterocycles. The standard InChI is InChI=1S/C19H21NO9/c1-5(2)20(6(3)4)10(21)19-16(12(24)25)7-15(11(22)23)8(16)18(19,14(28)29)9(15)17(7,19)13(26)27/h5-9H,1-4H3,(H,22,23)(H,24,25)(H,26,27)(H,28,29). The molecule has 6 aliphatic rings. The maximum absolute atomic E-state index is 13.8. The van der Waals surface area contributed by atoms with E-state index in [0.29, 0.717) is 0 Å². The van der Waals surface area contributed by atoms with E-state index in [1.54, 1.807) is 27.7 Å². The summed E-state index contributed by atoms with van der Waals surface area (Å²) in [6.45, 7) is 6.75. The minimum absolute atomic E-state index is 0.418. The molecule has 29 heavy (non-hydrogen) atoms. The van der Waals surface area contributed by atoms with Crippen LogP contribution in [-0.4, -0.2) is 67.2 Å². The minimum atomic E-state index is -2.15. The Kier molecular flexibility index (Phi) is 2.62. The molecule has 0 saturated heterocycles. The molecular weight excluding hydrogens is 386 g/mol. The van der Waals surface area contributed by atoms with Gasteiger partial charge in [-0.2, -0.15) is 0 Å². The lowest BCUT2D eigenvalue weighted by atomic mass is 8.80. The fourth-order valence-electron chi connectivity index (χ4n) is 9.52. The molecule has 6 fully saturated rings. The third-order valence-corrected chi connectivity index (χ3v) is 9.13. The van der Waals surface area contributed by atoms with Crippen LogP contribution in [0.1, 0.15) is 27.7 Å². The van der Waals surface area contributed by atoms with Crippen molar-refractivity contribution in [2.24, 2.45) is 44.8 Å². The smallest absolute Gasteiger partial charge is 0.311 e. The van der Waals surface area contributed by atoms with Crippen molar-refractivity contribution in [2.45, 2.75) is 39.8 Å². The number of aliphatic carboxylic acids is 4. The Morgan fingerprint density at radius 1 is 0.655 bits per heavy atom. The summed E-state index contributed by atoms with van der Waals surface area (Å²) < 4.78 is 0. The van der Waals surface area contributed by atoms with Crippen LogP contribution >= 0.6 is 0 Å². The number of carbonyl (C=O) groups is 5. The second-order valence-corrected chi connectivity index (χ2v) is 9.71. The van der Waals surface area contributed by atoms with E-state index in [4.69, 9.17) is 0 Å². The summed E-state index contributed by atoms with van der Waals surface area (Å²) in [5.74, 6) is -10.4. The van der Waals surface area contributed by atoms with E-state index < -0.39 is 86.7 Å². The van der Waals surface area contributed by atoms with Crippen LogP contribution in [0.5, 0.6) is 0 Å². The number of carboxylic acid groups (broad SMARTS) is 4. The van der Waals surface area contributed by atoms with E-state index in [9.17, 15) is 44.4 Å². The first kappa shape index (κ1) is 18.4. The van der Waals surface area contributed by atoms with Gasteiger partial charge in [-0.25, -0.2) is 0 Å². The zero-order valence-electron chi connectivity index (χ0n) is 16.2. The highest BCUT2D eigenvalue weighted by atomic mass is 16.4. The molecule has 0 aromatic carbocycles. The molecule has 0 aromatic rings. The lowest BCUT2D eigenvalue weighted by molar-refractivity contribution is -0.710. The van der Waals surface area contributed by atoms with Gasteiger partial charge < -0.3 is 25.3 Å². The van der Waals surface area contributed by atoms with Crippen molar-refractivity contribution in [1.29, 1.82) is 0 Å². The average molecular weight is 407 g/mol. The molecule has 156 valence electrons. The number of hydrogen-bond donors (Lipinski definition) is 4. The third-order valence-electron chi connectivity index (χ3n) is 9.13. The van der Waals surface area contributed by atoms with Gasteiger partial charge in [0.25, 0.3) is 0 Å². The summed E-state index contributed by atoms with van der Waals surface area (Å²) >= 11 is 0. The minimum Gasteiger partial charge on any atom is -0.481 e. The SMILES string of the molecule is CC(C)N(C(=O)C12C3(C(=O)O)C4C5(C(=O)O)C3C1(C(=O)O)C5C42C(=O)O)C(C)C. The highest BCUT2D eigenvalue weighted by Crippen LogP contribution is 3.22. The summed E-state index contributed by atoms with van der Waals surface area (Å²) in [5.41, 5.74) is -9.66. The van der Waals surface area contributed by atoms with E-state index >= 15 is 0 Å². The number of hydrogen-bond acceptors (Lipinski definition) is 5. The third kappa shape index (κ3) is 0.954. The first-order chi connectivity index (χ1) is 13.3. The van der Waals surface area contributed by atoms with Crippen LogP contribution in [0, 0.1) is 44.8 Å². The van der Waals surface area contributed by atoms with Crippen LogP contribution in [0.2, 0.25) is 0 Å². The van der Waals surface area contributed by atoms with Crippen LogP contribution in [0.4, 0.5) is 0 Å². The summed E-state index contributed by atoms with van der Waals surface area (Å²) in [6, 6.07) is -0.835. The van der Waals surface area contributed by atoms with Gasteiger partial charge in [0.2, 0.25) is 5.91 Å². The van der Waals surface area contributed by atoms with Crippen LogP contribution in [0.3, 0.4) is 0 Å². The van der Waals surface area contributed by atoms with Gasteiger partial charge in [-0.1, -0.05) is 0 Å². The van der Waals surface area contributed by atoms with Crippen molar-refractivity contribution >= 4 is 29.8 Å². The zero-order valence-corrected chi connectivity index (χ0v) is 16.2. The molecule has 0 aromatic heterocycles. The number of carboxylic acids is 4. The fourth-order valence-corrected chi connectivity index (χ4v) is 9.52. The lowest BCUT2D eigenvalue weighted by Crippen LogP contribution is -3.26. The van der Waals surface area contributed by atoms with Gasteiger partial charge in [0.05, 0.1) is 27.1 Å². The highest BCUT2D eigenvalue weighted by molar-refractivity contribution is 6.21. The lowest BCUT2D eigenvalue weighted by Gasteiger charge is -3.16. The number of amides is 1. The molecule has 1 amide bonds. The maximum Gasteiger partial charge on any atom is 0.311 e. The van der Waals surface area contributed by atoms with Crippen molar-refractivity contribution in [2.75, 3.05) is 0 Å². The quantitative estimate of drug-likeness (QED) is 0.447. The van der Waals surface area contributed by atoms with Crippen LogP contribution in [0.15, 0.2) is 0 Å². The van der Waals surface area contributed by atoms with E-state index in [1.807, 2.05) is 0 Å². The number of carbonyl (C=O) groups excluding carboxylic acids is 1. The molecule has 4 N–H and O–H groups in total. The first-order valence-corrected chi connectivity index (χ1v) is 9.56. The molecule has 0 unspecified atom stereocenters. The molecule has 0 radical (unpaired) electrons.